The van der Waals surface area contributed by atoms with Crippen molar-refractivity contribution in [3.63, 3.8) is 0 Å². The summed E-state index contributed by atoms with van der Waals surface area (Å²) in [5.74, 6) is 0.671. The average Bonchev–Trinajstić information content (AvgIpc) is 2.03. The summed E-state index contributed by atoms with van der Waals surface area (Å²) in [5.41, 5.74) is 0. The molecule has 0 aliphatic heterocycles. The van der Waals surface area contributed by atoms with Crippen molar-refractivity contribution in [2.75, 3.05) is 18.1 Å². The minimum Gasteiger partial charge on any atom is -0.481 e. The van der Waals surface area contributed by atoms with Gasteiger partial charge in [0, 0.05) is 12.4 Å². The second-order valence-electron chi connectivity index (χ2n) is 3.06. The van der Waals surface area contributed by atoms with E-state index in [1.54, 1.807) is 18.7 Å². The van der Waals surface area contributed by atoms with E-state index in [1.165, 1.54) is 0 Å². The SMILES string of the molecule is CC(CO)CSCC(C)C(=O)O. The lowest BCUT2D eigenvalue weighted by Gasteiger charge is -2.08. The Kier molecular flexibility index (Phi) is 6.20. The minimum absolute atomic E-state index is 0.175. The fraction of sp³-hybridized carbons (Fsp3) is 0.875. The predicted octanol–water partition coefficient (Wildman–Crippen LogP) is 1.07. The Morgan fingerprint density at radius 3 is 2.42 bits per heavy atom. The monoisotopic (exact) mass is 192 g/mol. The van der Waals surface area contributed by atoms with Gasteiger partial charge >= 0.3 is 5.97 Å². The van der Waals surface area contributed by atoms with E-state index in [2.05, 4.69) is 0 Å². The molecule has 0 saturated heterocycles. The largest absolute Gasteiger partial charge is 0.481 e. The quantitative estimate of drug-likeness (QED) is 0.661. The fourth-order valence-corrected chi connectivity index (χ4v) is 1.71. The predicted molar refractivity (Wildman–Crippen MR) is 50.4 cm³/mol. The first-order valence-electron chi connectivity index (χ1n) is 3.99. The number of carboxylic acid groups (broad SMARTS) is 1. The Labute approximate surface area is 77.2 Å². The number of aliphatic hydroxyl groups excluding tert-OH is 1. The third-order valence-electron chi connectivity index (χ3n) is 1.50. The van der Waals surface area contributed by atoms with Crippen LogP contribution in [0, 0.1) is 11.8 Å². The van der Waals surface area contributed by atoms with Crippen LogP contribution in [0.4, 0.5) is 0 Å². The highest BCUT2D eigenvalue weighted by Crippen LogP contribution is 2.12. The van der Waals surface area contributed by atoms with Crippen molar-refractivity contribution < 1.29 is 15.0 Å². The molecule has 0 aliphatic rings. The van der Waals surface area contributed by atoms with Gasteiger partial charge in [-0.15, -0.1) is 0 Å². The number of aliphatic carboxylic acids is 1. The number of hydrogen-bond acceptors (Lipinski definition) is 3. The molecule has 0 radical (unpaired) electrons. The molecule has 0 fully saturated rings. The third kappa shape index (κ3) is 5.43. The van der Waals surface area contributed by atoms with E-state index < -0.39 is 5.97 Å². The van der Waals surface area contributed by atoms with Crippen molar-refractivity contribution in [2.45, 2.75) is 13.8 Å². The molecule has 0 amide bonds. The maximum Gasteiger partial charge on any atom is 0.307 e. The Hall–Kier alpha value is -0.220. The fourth-order valence-electron chi connectivity index (χ4n) is 0.570. The van der Waals surface area contributed by atoms with Crippen LogP contribution in [0.25, 0.3) is 0 Å². The van der Waals surface area contributed by atoms with Gasteiger partial charge in [-0.1, -0.05) is 13.8 Å². The highest BCUT2D eigenvalue weighted by atomic mass is 32.2. The standard InChI is InChI=1S/C8H16O3S/c1-6(3-9)4-12-5-7(2)8(10)11/h6-7,9H,3-5H2,1-2H3,(H,10,11). The summed E-state index contributed by atoms with van der Waals surface area (Å²) in [4.78, 5) is 10.4. The van der Waals surface area contributed by atoms with Crippen LogP contribution in [0.3, 0.4) is 0 Å². The summed E-state index contributed by atoms with van der Waals surface area (Å²) in [7, 11) is 0. The van der Waals surface area contributed by atoms with Gasteiger partial charge in [-0.2, -0.15) is 11.8 Å². The lowest BCUT2D eigenvalue weighted by atomic mass is 10.2. The third-order valence-corrected chi connectivity index (χ3v) is 3.04. The van der Waals surface area contributed by atoms with E-state index in [0.717, 1.165) is 5.75 Å². The van der Waals surface area contributed by atoms with Crippen molar-refractivity contribution in [3.05, 3.63) is 0 Å². The van der Waals surface area contributed by atoms with E-state index in [9.17, 15) is 4.79 Å². The maximum absolute atomic E-state index is 10.4. The highest BCUT2D eigenvalue weighted by Gasteiger charge is 2.10. The molecule has 0 heterocycles. The molecular weight excluding hydrogens is 176 g/mol. The zero-order chi connectivity index (χ0) is 9.56. The Morgan fingerprint density at radius 1 is 1.42 bits per heavy atom. The molecule has 72 valence electrons. The zero-order valence-corrected chi connectivity index (χ0v) is 8.30. The molecular formula is C8H16O3S. The van der Waals surface area contributed by atoms with Gasteiger partial charge in [0.05, 0.1) is 5.92 Å². The normalized spacial score (nSPS) is 15.6. The summed E-state index contributed by atoms with van der Waals surface area (Å²) in [6.45, 7) is 3.81. The molecule has 0 bridgehead atoms. The van der Waals surface area contributed by atoms with Gasteiger partial charge in [-0.25, -0.2) is 0 Å². The maximum atomic E-state index is 10.4. The van der Waals surface area contributed by atoms with Crippen molar-refractivity contribution in [1.29, 1.82) is 0 Å². The van der Waals surface area contributed by atoms with Crippen LogP contribution in [0.1, 0.15) is 13.8 Å². The lowest BCUT2D eigenvalue weighted by Crippen LogP contribution is -2.13. The molecule has 4 heteroatoms. The molecule has 0 aromatic carbocycles. The molecule has 3 nitrogen and oxygen atoms in total. The van der Waals surface area contributed by atoms with Crippen LogP contribution in [-0.4, -0.2) is 34.3 Å². The highest BCUT2D eigenvalue weighted by molar-refractivity contribution is 7.99. The molecule has 2 atom stereocenters. The van der Waals surface area contributed by atoms with Gasteiger partial charge in [0.1, 0.15) is 0 Å². The number of rotatable bonds is 6. The first-order valence-corrected chi connectivity index (χ1v) is 5.14. The second-order valence-corrected chi connectivity index (χ2v) is 4.14. The summed E-state index contributed by atoms with van der Waals surface area (Å²) >= 11 is 1.58. The van der Waals surface area contributed by atoms with E-state index in [0.29, 0.717) is 5.75 Å². The summed E-state index contributed by atoms with van der Waals surface area (Å²) in [5, 5.41) is 17.2. The first-order chi connectivity index (χ1) is 5.57. The van der Waals surface area contributed by atoms with Crippen molar-refractivity contribution in [2.24, 2.45) is 11.8 Å². The van der Waals surface area contributed by atoms with Crippen LogP contribution >= 0.6 is 11.8 Å². The Balaban J connectivity index is 3.37. The first kappa shape index (κ1) is 11.8. The van der Waals surface area contributed by atoms with Gasteiger partial charge in [0.2, 0.25) is 0 Å². The van der Waals surface area contributed by atoms with Crippen molar-refractivity contribution in [1.82, 2.24) is 0 Å². The van der Waals surface area contributed by atoms with Gasteiger partial charge in [-0.3, -0.25) is 4.79 Å². The Morgan fingerprint density at radius 2 is 2.00 bits per heavy atom. The van der Waals surface area contributed by atoms with E-state index in [-0.39, 0.29) is 18.4 Å². The summed E-state index contributed by atoms with van der Waals surface area (Å²) in [6.07, 6.45) is 0. The minimum atomic E-state index is -0.751. The van der Waals surface area contributed by atoms with Crippen LogP contribution in [-0.2, 0) is 4.79 Å². The van der Waals surface area contributed by atoms with Crippen molar-refractivity contribution in [3.8, 4) is 0 Å². The van der Waals surface area contributed by atoms with Gasteiger partial charge in [-0.05, 0) is 11.7 Å². The zero-order valence-electron chi connectivity index (χ0n) is 7.49. The van der Waals surface area contributed by atoms with Gasteiger partial charge in [0.25, 0.3) is 0 Å². The average molecular weight is 192 g/mol. The number of carboxylic acids is 1. The molecule has 0 spiro atoms. The summed E-state index contributed by atoms with van der Waals surface area (Å²) < 4.78 is 0. The van der Waals surface area contributed by atoms with E-state index in [1.807, 2.05) is 6.92 Å². The number of carbonyl (C=O) groups is 1. The molecule has 0 saturated carbocycles. The number of thioether (sulfide) groups is 1. The molecule has 0 aromatic rings. The number of aliphatic hydroxyl groups is 1. The van der Waals surface area contributed by atoms with Gasteiger partial charge < -0.3 is 10.2 Å². The topological polar surface area (TPSA) is 57.5 Å². The van der Waals surface area contributed by atoms with Gasteiger partial charge in [0.15, 0.2) is 0 Å². The van der Waals surface area contributed by atoms with Crippen LogP contribution in [0.2, 0.25) is 0 Å². The van der Waals surface area contributed by atoms with Crippen molar-refractivity contribution >= 4 is 17.7 Å². The molecule has 0 aromatic heterocycles. The Bertz CT molecular complexity index is 138. The lowest BCUT2D eigenvalue weighted by molar-refractivity contribution is -0.140. The molecule has 2 unspecified atom stereocenters. The van der Waals surface area contributed by atoms with Crippen LogP contribution < -0.4 is 0 Å². The van der Waals surface area contributed by atoms with Crippen LogP contribution in [0.15, 0.2) is 0 Å². The number of hydrogen-bond donors (Lipinski definition) is 2. The smallest absolute Gasteiger partial charge is 0.307 e. The molecule has 2 N–H and O–H groups in total. The molecule has 0 aliphatic carbocycles. The molecule has 0 rings (SSSR count). The van der Waals surface area contributed by atoms with E-state index >= 15 is 0 Å². The molecule has 12 heavy (non-hydrogen) atoms. The summed E-state index contributed by atoms with van der Waals surface area (Å²) in [6, 6.07) is 0. The van der Waals surface area contributed by atoms with Crippen LogP contribution in [0.5, 0.6) is 0 Å². The second kappa shape index (κ2) is 6.31. The van der Waals surface area contributed by atoms with E-state index in [4.69, 9.17) is 10.2 Å².